The van der Waals surface area contributed by atoms with E-state index in [-0.39, 0.29) is 3.23 Å². The molecule has 4 atom stereocenters. The van der Waals surface area contributed by atoms with Gasteiger partial charge in [-0.25, -0.2) is 0 Å². The Morgan fingerprint density at radius 3 is 1.73 bits per heavy atom. The predicted octanol–water partition coefficient (Wildman–Crippen LogP) is 5.17. The van der Waals surface area contributed by atoms with E-state index in [1.165, 1.54) is 32.1 Å². The summed E-state index contributed by atoms with van der Waals surface area (Å²) in [7, 11) is 0. The van der Waals surface area contributed by atoms with Crippen molar-refractivity contribution < 1.29 is 0 Å². The van der Waals surface area contributed by atoms with E-state index < -0.39 is 0 Å². The first-order valence-electron chi connectivity index (χ1n) is 5.65. The monoisotopic (exact) mass is 460 g/mol. The third kappa shape index (κ3) is 0.889. The molecule has 0 N–H and O–H groups in total. The molecule has 0 radical (unpaired) electrons. The van der Waals surface area contributed by atoms with Gasteiger partial charge in [0.2, 0.25) is 0 Å². The van der Waals surface area contributed by atoms with Crippen molar-refractivity contribution in [2.45, 2.75) is 38.6 Å². The van der Waals surface area contributed by atoms with E-state index in [2.05, 4.69) is 63.7 Å². The van der Waals surface area contributed by atoms with E-state index in [0.29, 0.717) is 14.1 Å². The summed E-state index contributed by atoms with van der Waals surface area (Å²) in [5.74, 6) is 1.72. The molecule has 0 unspecified atom stereocenters. The molecule has 4 aliphatic carbocycles. The zero-order valence-corrected chi connectivity index (χ0v) is 14.5. The molecule has 0 nitrogen and oxygen atoms in total. The topological polar surface area (TPSA) is 0 Å². The summed E-state index contributed by atoms with van der Waals surface area (Å²) in [5, 5.41) is 0. The second-order valence-electron chi connectivity index (χ2n) is 5.89. The zero-order valence-electron chi connectivity index (χ0n) is 8.20. The Kier molecular flexibility index (Phi) is 1.87. The highest BCUT2D eigenvalue weighted by atomic mass is 79.9. The predicted molar refractivity (Wildman–Crippen MR) is 76.1 cm³/mol. The third-order valence-corrected chi connectivity index (χ3v) is 11.2. The average Bonchev–Trinajstić information content (AvgIpc) is 2.72. The minimum atomic E-state index is 0.280. The van der Waals surface area contributed by atoms with Gasteiger partial charge in [0, 0.05) is 10.8 Å². The summed E-state index contributed by atoms with van der Waals surface area (Å²) >= 11 is 15.7. The van der Waals surface area contributed by atoms with Gasteiger partial charge in [-0.3, -0.25) is 0 Å². The maximum absolute atomic E-state index is 3.98. The van der Waals surface area contributed by atoms with Crippen LogP contribution in [0.25, 0.3) is 0 Å². The molecule has 15 heavy (non-hydrogen) atoms. The molecule has 0 aromatic rings. The Hall–Kier alpha value is 1.92. The number of hydrogen-bond donors (Lipinski definition) is 0. The Morgan fingerprint density at radius 2 is 1.27 bits per heavy atom. The van der Waals surface area contributed by atoms with Crippen molar-refractivity contribution in [3.8, 4) is 0 Å². The summed E-state index contributed by atoms with van der Waals surface area (Å²) in [6, 6.07) is 0. The fraction of sp³-hybridized carbons (Fsp3) is 1.00. The maximum atomic E-state index is 3.98. The Balaban J connectivity index is 1.77. The van der Waals surface area contributed by atoms with E-state index in [1.807, 2.05) is 0 Å². The summed E-state index contributed by atoms with van der Waals surface area (Å²) in [6.45, 7) is 0. The van der Waals surface area contributed by atoms with Gasteiger partial charge in [-0.1, -0.05) is 70.1 Å². The molecule has 4 aliphatic rings. The van der Waals surface area contributed by atoms with E-state index in [0.717, 1.165) is 11.8 Å². The molecule has 0 bridgehead atoms. The van der Waals surface area contributed by atoms with Gasteiger partial charge in [-0.05, 0) is 37.5 Å². The largest absolute Gasteiger partial charge is 0.0929 e. The van der Waals surface area contributed by atoms with Crippen molar-refractivity contribution in [3.05, 3.63) is 0 Å². The SMILES string of the molecule is BrC1(Br)[C@@H]2C[C@]34CCC[C@@]3(C[C@H]21)C4(Br)Br. The summed E-state index contributed by atoms with van der Waals surface area (Å²) in [4.78, 5) is 0. The first-order valence-corrected chi connectivity index (χ1v) is 8.82. The van der Waals surface area contributed by atoms with E-state index in [1.54, 1.807) is 0 Å². The van der Waals surface area contributed by atoms with Crippen LogP contribution in [-0.4, -0.2) is 6.47 Å². The number of fused-ring (bicyclic) bond motifs is 1. The van der Waals surface area contributed by atoms with Crippen LogP contribution in [0.15, 0.2) is 0 Å². The Labute approximate surface area is 124 Å². The zero-order chi connectivity index (χ0) is 10.7. The molecular formula is C11H12Br4. The van der Waals surface area contributed by atoms with Gasteiger partial charge in [-0.15, -0.1) is 0 Å². The molecule has 84 valence electrons. The molecule has 0 aliphatic heterocycles. The molecule has 0 heterocycles. The van der Waals surface area contributed by atoms with Crippen molar-refractivity contribution in [2.24, 2.45) is 22.7 Å². The van der Waals surface area contributed by atoms with Crippen LogP contribution < -0.4 is 0 Å². The first kappa shape index (κ1) is 10.8. The lowest BCUT2D eigenvalue weighted by molar-refractivity contribution is 0.265. The van der Waals surface area contributed by atoms with E-state index in [4.69, 9.17) is 0 Å². The number of alkyl halides is 4. The van der Waals surface area contributed by atoms with Gasteiger partial charge >= 0.3 is 0 Å². The highest BCUT2D eigenvalue weighted by Gasteiger charge is 2.91. The van der Waals surface area contributed by atoms with Crippen LogP contribution in [0.4, 0.5) is 0 Å². The van der Waals surface area contributed by atoms with Crippen molar-refractivity contribution in [3.63, 3.8) is 0 Å². The maximum Gasteiger partial charge on any atom is 0.0929 e. The lowest BCUT2D eigenvalue weighted by Crippen LogP contribution is -2.14. The summed E-state index contributed by atoms with van der Waals surface area (Å²) in [5.41, 5.74) is 1.15. The standard InChI is InChI=1S/C11H12Br4/c12-10(13)6-4-8-2-1-3-9(8,5-7(6)10)11(8,14)15/h6-7H,1-5H2/t6-,7-,8-,9+/m1/s1. The summed E-state index contributed by atoms with van der Waals surface area (Å²) < 4.78 is 0.572. The van der Waals surface area contributed by atoms with Gasteiger partial charge in [0.05, 0.1) is 6.47 Å². The first-order chi connectivity index (χ1) is 6.89. The van der Waals surface area contributed by atoms with Crippen LogP contribution in [-0.2, 0) is 0 Å². The van der Waals surface area contributed by atoms with E-state index >= 15 is 0 Å². The number of halogens is 4. The minimum Gasteiger partial charge on any atom is -0.0721 e. The second kappa shape index (κ2) is 2.60. The van der Waals surface area contributed by atoms with Crippen LogP contribution in [0, 0.1) is 22.7 Å². The second-order valence-corrected chi connectivity index (χ2v) is 13.0. The molecule has 4 rings (SSSR count). The molecule has 0 aromatic carbocycles. The molecule has 0 saturated heterocycles. The molecular weight excluding hydrogens is 452 g/mol. The van der Waals surface area contributed by atoms with Crippen LogP contribution in [0.3, 0.4) is 0 Å². The third-order valence-electron chi connectivity index (χ3n) is 5.76. The highest BCUT2D eigenvalue weighted by Crippen LogP contribution is 2.95. The van der Waals surface area contributed by atoms with Gasteiger partial charge in [0.1, 0.15) is 0 Å². The van der Waals surface area contributed by atoms with E-state index in [9.17, 15) is 0 Å². The van der Waals surface area contributed by atoms with Crippen LogP contribution in [0.2, 0.25) is 0 Å². The molecule has 0 aromatic heterocycles. The van der Waals surface area contributed by atoms with Gasteiger partial charge in [0.15, 0.2) is 0 Å². The lowest BCUT2D eigenvalue weighted by atomic mass is 9.82. The molecule has 0 amide bonds. The molecule has 4 heteroatoms. The normalized spacial score (nSPS) is 61.6. The van der Waals surface area contributed by atoms with Crippen molar-refractivity contribution >= 4 is 63.7 Å². The van der Waals surface area contributed by atoms with Gasteiger partial charge in [0.25, 0.3) is 0 Å². The molecule has 4 saturated carbocycles. The fourth-order valence-electron chi connectivity index (χ4n) is 4.85. The Morgan fingerprint density at radius 1 is 0.800 bits per heavy atom. The Bertz CT molecular complexity index is 334. The smallest absolute Gasteiger partial charge is 0.0721 e. The average molecular weight is 464 g/mol. The minimum absolute atomic E-state index is 0.280. The van der Waals surface area contributed by atoms with Gasteiger partial charge in [-0.2, -0.15) is 0 Å². The highest BCUT2D eigenvalue weighted by molar-refractivity contribution is 9.26. The van der Waals surface area contributed by atoms with Crippen LogP contribution in [0.1, 0.15) is 32.1 Å². The van der Waals surface area contributed by atoms with Crippen LogP contribution in [0.5, 0.6) is 0 Å². The lowest BCUT2D eigenvalue weighted by Gasteiger charge is -2.21. The fourth-order valence-corrected chi connectivity index (χ4v) is 9.26. The van der Waals surface area contributed by atoms with Crippen molar-refractivity contribution in [2.75, 3.05) is 0 Å². The summed E-state index contributed by atoms with van der Waals surface area (Å²) in [6.07, 6.45) is 7.07. The van der Waals surface area contributed by atoms with Crippen LogP contribution >= 0.6 is 63.7 Å². The number of hydrogen-bond acceptors (Lipinski definition) is 0. The quantitative estimate of drug-likeness (QED) is 0.435. The molecule has 4 fully saturated rings. The van der Waals surface area contributed by atoms with Crippen molar-refractivity contribution in [1.82, 2.24) is 0 Å². The number of rotatable bonds is 0. The van der Waals surface area contributed by atoms with Crippen molar-refractivity contribution in [1.29, 1.82) is 0 Å². The molecule has 0 spiro atoms. The van der Waals surface area contributed by atoms with Gasteiger partial charge < -0.3 is 0 Å².